The van der Waals surface area contributed by atoms with E-state index in [-0.39, 0.29) is 0 Å². The van der Waals surface area contributed by atoms with Gasteiger partial charge in [-0.3, -0.25) is 10.1 Å². The van der Waals surface area contributed by atoms with Crippen LogP contribution >= 0.6 is 0 Å². The zero-order valence-corrected chi connectivity index (χ0v) is 8.69. The molecule has 16 heavy (non-hydrogen) atoms. The van der Waals surface area contributed by atoms with Gasteiger partial charge in [0.2, 0.25) is 6.54 Å². The Bertz CT molecular complexity index is 385. The number of nitrogens with zero attached hydrogens (tertiary/aromatic N) is 1. The fourth-order valence-electron chi connectivity index (χ4n) is 1.14. The van der Waals surface area contributed by atoms with Crippen molar-refractivity contribution in [3.63, 3.8) is 0 Å². The molecule has 0 radical (unpaired) electrons. The molecule has 0 fully saturated rings. The van der Waals surface area contributed by atoms with Crippen molar-refractivity contribution in [2.24, 2.45) is 0 Å². The van der Waals surface area contributed by atoms with E-state index in [0.717, 1.165) is 5.56 Å². The predicted molar refractivity (Wildman–Crippen MR) is 62.5 cm³/mol. The summed E-state index contributed by atoms with van der Waals surface area (Å²) in [6.45, 7) is -0.463. The van der Waals surface area contributed by atoms with Crippen molar-refractivity contribution in [2.45, 2.75) is 6.10 Å². The lowest BCUT2D eigenvalue weighted by Gasteiger charge is -1.96. The van der Waals surface area contributed by atoms with Crippen LogP contribution in [0.4, 0.5) is 0 Å². The molecule has 1 aromatic rings. The van der Waals surface area contributed by atoms with Crippen LogP contribution in [0.1, 0.15) is 5.56 Å². The van der Waals surface area contributed by atoms with Crippen molar-refractivity contribution in [3.05, 3.63) is 64.2 Å². The van der Waals surface area contributed by atoms with E-state index in [2.05, 4.69) is 0 Å². The number of allylic oxidation sites excluding steroid dienone is 2. The lowest BCUT2D eigenvalue weighted by molar-refractivity contribution is -0.487. The van der Waals surface area contributed by atoms with E-state index >= 15 is 0 Å². The Balaban J connectivity index is 2.42. The first-order chi connectivity index (χ1) is 7.68. The number of benzene rings is 1. The van der Waals surface area contributed by atoms with Gasteiger partial charge in [0.1, 0.15) is 6.10 Å². The van der Waals surface area contributed by atoms with Crippen molar-refractivity contribution in [1.29, 1.82) is 0 Å². The Hall–Kier alpha value is -1.94. The van der Waals surface area contributed by atoms with Crippen LogP contribution in [0.5, 0.6) is 0 Å². The van der Waals surface area contributed by atoms with E-state index < -0.39 is 17.6 Å². The predicted octanol–water partition coefficient (Wildman–Crippen LogP) is 1.89. The minimum absolute atomic E-state index is 0.463. The minimum Gasteiger partial charge on any atom is -0.382 e. The summed E-state index contributed by atoms with van der Waals surface area (Å²) in [4.78, 5) is 9.51. The minimum atomic E-state index is -1.03. The highest BCUT2D eigenvalue weighted by Crippen LogP contribution is 2.01. The third-order valence-corrected chi connectivity index (χ3v) is 1.87. The van der Waals surface area contributed by atoms with E-state index in [9.17, 15) is 10.1 Å². The third-order valence-electron chi connectivity index (χ3n) is 1.87. The van der Waals surface area contributed by atoms with Gasteiger partial charge in [0.25, 0.3) is 0 Å². The van der Waals surface area contributed by atoms with Crippen molar-refractivity contribution >= 4 is 6.08 Å². The molecule has 1 aromatic carbocycles. The van der Waals surface area contributed by atoms with Gasteiger partial charge in [-0.05, 0) is 11.6 Å². The maximum absolute atomic E-state index is 10.1. The lowest BCUT2D eigenvalue weighted by Crippen LogP contribution is -2.16. The molecule has 0 spiro atoms. The molecule has 0 heterocycles. The zero-order valence-electron chi connectivity index (χ0n) is 8.69. The van der Waals surface area contributed by atoms with Gasteiger partial charge in [0, 0.05) is 4.92 Å². The second-order valence-electron chi connectivity index (χ2n) is 3.24. The molecule has 0 unspecified atom stereocenters. The molecule has 0 amide bonds. The number of hydrogen-bond acceptors (Lipinski definition) is 3. The average molecular weight is 219 g/mol. The summed E-state index contributed by atoms with van der Waals surface area (Å²) in [7, 11) is 0. The number of aliphatic hydroxyl groups excluding tert-OH is 1. The Morgan fingerprint density at radius 2 is 2.00 bits per heavy atom. The first-order valence-corrected chi connectivity index (χ1v) is 4.88. The first-order valence-electron chi connectivity index (χ1n) is 4.88. The van der Waals surface area contributed by atoms with Crippen LogP contribution in [0.3, 0.4) is 0 Å². The molecule has 1 atom stereocenters. The summed E-state index contributed by atoms with van der Waals surface area (Å²) in [5.41, 5.74) is 1.04. The normalized spacial score (nSPS) is 13.3. The molecular formula is C12H13NO3. The maximum Gasteiger partial charge on any atom is 0.232 e. The molecular weight excluding hydrogens is 206 g/mol. The summed E-state index contributed by atoms with van der Waals surface area (Å²) < 4.78 is 0. The molecule has 0 saturated carbocycles. The largest absolute Gasteiger partial charge is 0.382 e. The van der Waals surface area contributed by atoms with E-state index in [4.69, 9.17) is 5.11 Å². The quantitative estimate of drug-likeness (QED) is 0.467. The molecule has 0 saturated heterocycles. The molecule has 0 aliphatic rings. The van der Waals surface area contributed by atoms with Crippen LogP contribution in [-0.2, 0) is 0 Å². The topological polar surface area (TPSA) is 63.4 Å². The molecule has 4 heteroatoms. The maximum atomic E-state index is 10.1. The molecule has 0 bridgehead atoms. The molecule has 84 valence electrons. The Labute approximate surface area is 93.7 Å². The van der Waals surface area contributed by atoms with Crippen molar-refractivity contribution in [3.8, 4) is 0 Å². The SMILES string of the molecule is O=[N+]([O-])C[C@@H](O)/C=C/C=C/c1ccccc1. The second kappa shape index (κ2) is 6.53. The van der Waals surface area contributed by atoms with Crippen LogP contribution in [-0.4, -0.2) is 22.7 Å². The van der Waals surface area contributed by atoms with E-state index in [1.54, 1.807) is 12.2 Å². The fourth-order valence-corrected chi connectivity index (χ4v) is 1.14. The van der Waals surface area contributed by atoms with Gasteiger partial charge in [0.15, 0.2) is 0 Å². The second-order valence-corrected chi connectivity index (χ2v) is 3.24. The van der Waals surface area contributed by atoms with Gasteiger partial charge in [-0.25, -0.2) is 0 Å². The lowest BCUT2D eigenvalue weighted by atomic mass is 10.2. The van der Waals surface area contributed by atoms with Gasteiger partial charge in [0.05, 0.1) is 0 Å². The van der Waals surface area contributed by atoms with Crippen LogP contribution in [0.15, 0.2) is 48.6 Å². The third kappa shape index (κ3) is 5.07. The number of nitro groups is 1. The summed E-state index contributed by atoms with van der Waals surface area (Å²) >= 11 is 0. The van der Waals surface area contributed by atoms with Crippen molar-refractivity contribution in [1.82, 2.24) is 0 Å². The summed E-state index contributed by atoms with van der Waals surface area (Å²) in [5.74, 6) is 0. The molecule has 1 N–H and O–H groups in total. The summed E-state index contributed by atoms with van der Waals surface area (Å²) in [6, 6.07) is 9.65. The van der Waals surface area contributed by atoms with Gasteiger partial charge >= 0.3 is 0 Å². The molecule has 4 nitrogen and oxygen atoms in total. The van der Waals surface area contributed by atoms with E-state index in [0.29, 0.717) is 0 Å². The Morgan fingerprint density at radius 3 is 2.62 bits per heavy atom. The molecule has 1 rings (SSSR count). The summed E-state index contributed by atoms with van der Waals surface area (Å²) in [5, 5.41) is 19.2. The van der Waals surface area contributed by atoms with Gasteiger partial charge in [-0.1, -0.05) is 48.6 Å². The number of rotatable bonds is 5. The van der Waals surface area contributed by atoms with Crippen LogP contribution < -0.4 is 0 Å². The zero-order chi connectivity index (χ0) is 11.8. The number of hydrogen-bond donors (Lipinski definition) is 1. The van der Waals surface area contributed by atoms with Gasteiger partial charge in [-0.15, -0.1) is 0 Å². The standard InChI is InChI=1S/C12H13NO3/c14-12(10-13(15)16)9-5-4-8-11-6-2-1-3-7-11/h1-9,12,14H,10H2/b8-4+,9-5+/t12-/m0/s1. The van der Waals surface area contributed by atoms with Gasteiger partial charge < -0.3 is 5.11 Å². The van der Waals surface area contributed by atoms with E-state index in [1.165, 1.54) is 6.08 Å². The highest BCUT2D eigenvalue weighted by Gasteiger charge is 2.05. The number of aliphatic hydroxyl groups is 1. The monoisotopic (exact) mass is 219 g/mol. The fraction of sp³-hybridized carbons (Fsp3) is 0.167. The van der Waals surface area contributed by atoms with Crippen LogP contribution in [0.2, 0.25) is 0 Å². The van der Waals surface area contributed by atoms with Crippen molar-refractivity contribution in [2.75, 3.05) is 6.54 Å². The summed E-state index contributed by atoms with van der Waals surface area (Å²) in [6.07, 6.45) is 5.55. The molecule has 0 aliphatic heterocycles. The molecule has 0 aliphatic carbocycles. The highest BCUT2D eigenvalue weighted by atomic mass is 16.6. The smallest absolute Gasteiger partial charge is 0.232 e. The Kier molecular flexibility index (Phi) is 4.95. The molecule has 0 aromatic heterocycles. The van der Waals surface area contributed by atoms with Gasteiger partial charge in [-0.2, -0.15) is 0 Å². The van der Waals surface area contributed by atoms with E-state index in [1.807, 2.05) is 36.4 Å². The average Bonchev–Trinajstić information content (AvgIpc) is 2.25. The first kappa shape index (κ1) is 12.1. The highest BCUT2D eigenvalue weighted by molar-refractivity contribution is 5.50. The Morgan fingerprint density at radius 1 is 1.31 bits per heavy atom. The van der Waals surface area contributed by atoms with Crippen LogP contribution in [0.25, 0.3) is 6.08 Å². The van der Waals surface area contributed by atoms with Crippen molar-refractivity contribution < 1.29 is 10.0 Å². The van der Waals surface area contributed by atoms with Crippen LogP contribution in [0, 0.1) is 10.1 Å².